The van der Waals surface area contributed by atoms with E-state index < -0.39 is 0 Å². The lowest BCUT2D eigenvalue weighted by molar-refractivity contribution is 0.0886. The molecule has 0 aliphatic heterocycles. The summed E-state index contributed by atoms with van der Waals surface area (Å²) in [6, 6.07) is 5.91. The maximum Gasteiger partial charge on any atom is 0.255 e. The normalized spacial score (nSPS) is 17.9. The summed E-state index contributed by atoms with van der Waals surface area (Å²) in [6.45, 7) is 0.837. The fourth-order valence-corrected chi connectivity index (χ4v) is 6.33. The predicted molar refractivity (Wildman–Crippen MR) is 180 cm³/mol. The Balaban J connectivity index is 1.39. The van der Waals surface area contributed by atoms with Gasteiger partial charge in [-0.05, 0) is 63.6 Å². The number of carbonyl (C=O) groups is 4. The van der Waals surface area contributed by atoms with E-state index >= 15 is 0 Å². The molecule has 48 heavy (non-hydrogen) atoms. The van der Waals surface area contributed by atoms with Crippen molar-refractivity contribution in [3.63, 3.8) is 0 Å². The average molecular weight is 668 g/mol. The second-order valence-corrected chi connectivity index (χ2v) is 12.2. The van der Waals surface area contributed by atoms with Crippen LogP contribution >= 0.6 is 0 Å². The van der Waals surface area contributed by atoms with Crippen molar-refractivity contribution < 1.29 is 38.1 Å². The minimum absolute atomic E-state index is 0.102. The second-order valence-electron chi connectivity index (χ2n) is 12.2. The third-order valence-electron chi connectivity index (χ3n) is 9.03. The van der Waals surface area contributed by atoms with Crippen molar-refractivity contribution in [1.82, 2.24) is 21.3 Å². The van der Waals surface area contributed by atoms with Crippen molar-refractivity contribution in [3.8, 4) is 23.0 Å². The Morgan fingerprint density at radius 3 is 1.27 bits per heavy atom. The van der Waals surface area contributed by atoms with Gasteiger partial charge in [0.25, 0.3) is 23.6 Å². The Bertz CT molecular complexity index is 1450. The molecule has 0 spiro atoms. The molecule has 2 aromatic carbocycles. The molecule has 0 saturated heterocycles. The Kier molecular flexibility index (Phi) is 13.3. The molecule has 0 atom stereocenters. The largest absolute Gasteiger partial charge is 0.496 e. The average Bonchev–Trinajstić information content (AvgIpc) is 3.11. The smallest absolute Gasteiger partial charge is 0.255 e. The molecule has 13 nitrogen and oxygen atoms in total. The van der Waals surface area contributed by atoms with Crippen LogP contribution in [0.15, 0.2) is 24.3 Å². The molecule has 4 rings (SSSR count). The topological polar surface area (TPSA) is 179 Å². The van der Waals surface area contributed by atoms with E-state index in [4.69, 9.17) is 24.7 Å². The zero-order valence-electron chi connectivity index (χ0n) is 28.4. The van der Waals surface area contributed by atoms with Gasteiger partial charge in [0.05, 0.1) is 50.7 Å². The number of methoxy groups -OCH3 is 4. The maximum absolute atomic E-state index is 13.5. The van der Waals surface area contributed by atoms with Gasteiger partial charge < -0.3 is 45.9 Å². The van der Waals surface area contributed by atoms with Gasteiger partial charge in [-0.15, -0.1) is 0 Å². The van der Waals surface area contributed by atoms with E-state index in [9.17, 15) is 19.2 Å². The molecule has 262 valence electrons. The van der Waals surface area contributed by atoms with Crippen LogP contribution in [-0.4, -0.2) is 83.3 Å². The number of amides is 4. The Labute approximate surface area is 282 Å². The quantitative estimate of drug-likeness (QED) is 0.189. The van der Waals surface area contributed by atoms with Gasteiger partial charge in [0, 0.05) is 36.8 Å². The van der Waals surface area contributed by atoms with Gasteiger partial charge in [0.1, 0.15) is 23.0 Å². The number of ether oxygens (including phenoxy) is 4. The third kappa shape index (κ3) is 9.09. The molecule has 2 saturated carbocycles. The van der Waals surface area contributed by atoms with Crippen LogP contribution in [0.3, 0.4) is 0 Å². The number of carbonyl (C=O) groups excluding carboxylic acids is 4. The first-order valence-corrected chi connectivity index (χ1v) is 16.7. The lowest BCUT2D eigenvalue weighted by Crippen LogP contribution is -2.44. The Morgan fingerprint density at radius 1 is 0.562 bits per heavy atom. The molecule has 6 N–H and O–H groups in total. The summed E-state index contributed by atoms with van der Waals surface area (Å²) >= 11 is 0. The van der Waals surface area contributed by atoms with Gasteiger partial charge in [-0.2, -0.15) is 0 Å². The molecule has 0 bridgehead atoms. The molecule has 2 fully saturated rings. The summed E-state index contributed by atoms with van der Waals surface area (Å²) in [4.78, 5) is 52.9. The first-order chi connectivity index (χ1) is 23.2. The summed E-state index contributed by atoms with van der Waals surface area (Å²) in [6.07, 6.45) is 8.30. The lowest BCUT2D eigenvalue weighted by atomic mass is 9.90. The van der Waals surface area contributed by atoms with Crippen LogP contribution < -0.4 is 45.9 Å². The van der Waals surface area contributed by atoms with Crippen molar-refractivity contribution in [2.45, 2.75) is 82.3 Å². The minimum Gasteiger partial charge on any atom is -0.496 e. The third-order valence-corrected chi connectivity index (χ3v) is 9.03. The van der Waals surface area contributed by atoms with Gasteiger partial charge in [0.15, 0.2) is 0 Å². The molecule has 0 heterocycles. The van der Waals surface area contributed by atoms with Crippen molar-refractivity contribution in [1.29, 1.82) is 0 Å². The standard InChI is InChI=1S/C35H49N5O8/c1-45-28-19-29(46-2)25(17-24(28)32(41)37-16-8-15-36)34(43)39-22-11-13-23(14-12-22)40-35(44)27-18-26(30(47-3)20-31(27)48-4)33(42)38-21-9-6-5-7-10-21/h17-23H,5-16,36H2,1-4H3,(H,37,41)(H,38,42)(H,39,43)(H,40,44)/t22-,23-. The van der Waals surface area contributed by atoms with Crippen LogP contribution in [0.4, 0.5) is 0 Å². The van der Waals surface area contributed by atoms with Crippen molar-refractivity contribution in [2.75, 3.05) is 41.5 Å². The van der Waals surface area contributed by atoms with Crippen LogP contribution in [0, 0.1) is 0 Å². The van der Waals surface area contributed by atoms with Gasteiger partial charge in [-0.3, -0.25) is 19.2 Å². The van der Waals surface area contributed by atoms with E-state index in [-0.39, 0.29) is 75.5 Å². The van der Waals surface area contributed by atoms with Gasteiger partial charge in [-0.25, -0.2) is 0 Å². The Hall–Kier alpha value is -4.52. The first-order valence-electron chi connectivity index (χ1n) is 16.7. The zero-order chi connectivity index (χ0) is 34.6. The highest BCUT2D eigenvalue weighted by molar-refractivity contribution is 6.04. The molecule has 2 aliphatic carbocycles. The van der Waals surface area contributed by atoms with Gasteiger partial charge in [0.2, 0.25) is 0 Å². The van der Waals surface area contributed by atoms with E-state index in [0.717, 1.165) is 25.7 Å². The molecule has 0 unspecified atom stereocenters. The van der Waals surface area contributed by atoms with Crippen LogP contribution in [0.25, 0.3) is 0 Å². The molecule has 4 amide bonds. The second kappa shape index (κ2) is 17.6. The number of rotatable bonds is 14. The monoisotopic (exact) mass is 667 g/mol. The maximum atomic E-state index is 13.5. The zero-order valence-corrected chi connectivity index (χ0v) is 28.4. The summed E-state index contributed by atoms with van der Waals surface area (Å²) in [7, 11) is 5.84. The van der Waals surface area contributed by atoms with E-state index in [1.54, 1.807) is 6.07 Å². The molecule has 13 heteroatoms. The highest BCUT2D eigenvalue weighted by atomic mass is 16.5. The van der Waals surface area contributed by atoms with Gasteiger partial charge >= 0.3 is 0 Å². The van der Waals surface area contributed by atoms with Gasteiger partial charge in [-0.1, -0.05) is 19.3 Å². The molecular weight excluding hydrogens is 618 g/mol. The van der Waals surface area contributed by atoms with Crippen LogP contribution in [0.2, 0.25) is 0 Å². The number of nitrogens with two attached hydrogens (primary N) is 1. The van der Waals surface area contributed by atoms with Crippen molar-refractivity contribution in [3.05, 3.63) is 46.5 Å². The Morgan fingerprint density at radius 2 is 0.917 bits per heavy atom. The van der Waals surface area contributed by atoms with E-state index in [0.29, 0.717) is 56.7 Å². The number of hydrogen-bond donors (Lipinski definition) is 5. The molecule has 2 aliphatic rings. The lowest BCUT2D eigenvalue weighted by Gasteiger charge is -2.30. The predicted octanol–water partition coefficient (Wildman–Crippen LogP) is 3.33. The van der Waals surface area contributed by atoms with Crippen molar-refractivity contribution in [2.24, 2.45) is 5.73 Å². The summed E-state index contributed by atoms with van der Waals surface area (Å²) in [5.41, 5.74) is 6.50. The van der Waals surface area contributed by atoms with E-state index in [1.807, 2.05) is 0 Å². The summed E-state index contributed by atoms with van der Waals surface area (Å²) < 4.78 is 21.8. The summed E-state index contributed by atoms with van der Waals surface area (Å²) in [5, 5.41) is 12.0. The minimum atomic E-state index is -0.376. The number of nitrogens with one attached hydrogen (secondary N) is 4. The fraction of sp³-hybridized carbons (Fsp3) is 0.543. The molecular formula is C35H49N5O8. The van der Waals surface area contributed by atoms with Crippen LogP contribution in [-0.2, 0) is 0 Å². The van der Waals surface area contributed by atoms with Crippen LogP contribution in [0.1, 0.15) is 106 Å². The molecule has 2 aromatic rings. The molecule has 0 aromatic heterocycles. The highest BCUT2D eigenvalue weighted by Crippen LogP contribution is 2.32. The number of hydrogen-bond acceptors (Lipinski definition) is 9. The summed E-state index contributed by atoms with van der Waals surface area (Å²) in [5.74, 6) is -0.173. The van der Waals surface area contributed by atoms with E-state index in [1.165, 1.54) is 53.1 Å². The molecule has 0 radical (unpaired) electrons. The highest BCUT2D eigenvalue weighted by Gasteiger charge is 2.29. The fourth-order valence-electron chi connectivity index (χ4n) is 6.33. The van der Waals surface area contributed by atoms with Crippen molar-refractivity contribution >= 4 is 23.6 Å². The van der Waals surface area contributed by atoms with E-state index in [2.05, 4.69) is 21.3 Å². The first kappa shape index (κ1) is 36.3. The SMILES string of the molecule is COc1cc(OC)c(C(=O)N[C@H]2CC[C@H](NC(=O)c3cc(C(=O)NC4CCCCC4)c(OC)cc3OC)CC2)cc1C(=O)NCCCN. The van der Waals surface area contributed by atoms with Crippen LogP contribution in [0.5, 0.6) is 23.0 Å². The number of benzene rings is 2.